The van der Waals surface area contributed by atoms with Gasteiger partial charge >= 0.3 is 0 Å². The van der Waals surface area contributed by atoms with E-state index in [0.29, 0.717) is 24.1 Å². The number of carbonyl (C=O) groups is 1. The normalized spacial score (nSPS) is 10.0. The Hall–Kier alpha value is -2.54. The SMILES string of the molecule is CC.CNCN(Cc1c(F)cc(F)cc1F)c1ccc(O)cc1C=O. The maximum atomic E-state index is 13.8. The molecule has 0 aliphatic heterocycles. The molecule has 136 valence electrons. The van der Waals surface area contributed by atoms with E-state index in [1.807, 2.05) is 13.8 Å². The van der Waals surface area contributed by atoms with Crippen molar-refractivity contribution in [2.45, 2.75) is 20.4 Å². The second-order valence-electron chi connectivity index (χ2n) is 4.92. The van der Waals surface area contributed by atoms with Gasteiger partial charge in [-0.1, -0.05) is 13.8 Å². The van der Waals surface area contributed by atoms with Crippen LogP contribution in [0.15, 0.2) is 30.3 Å². The lowest BCUT2D eigenvalue weighted by atomic mass is 10.1. The molecule has 2 aromatic carbocycles. The van der Waals surface area contributed by atoms with Gasteiger partial charge in [0.1, 0.15) is 23.2 Å². The van der Waals surface area contributed by atoms with Crippen LogP contribution in [0.3, 0.4) is 0 Å². The van der Waals surface area contributed by atoms with Crippen LogP contribution >= 0.6 is 0 Å². The van der Waals surface area contributed by atoms with Crippen LogP contribution < -0.4 is 10.2 Å². The zero-order chi connectivity index (χ0) is 19.0. The highest BCUT2D eigenvalue weighted by Crippen LogP contribution is 2.26. The summed E-state index contributed by atoms with van der Waals surface area (Å²) in [4.78, 5) is 12.7. The molecule has 4 nitrogen and oxygen atoms in total. The van der Waals surface area contributed by atoms with Crippen LogP contribution in [-0.4, -0.2) is 25.1 Å². The number of hydrogen-bond acceptors (Lipinski definition) is 4. The van der Waals surface area contributed by atoms with Gasteiger partial charge in [0.05, 0.1) is 13.2 Å². The molecule has 0 saturated carbocycles. The number of anilines is 1. The minimum absolute atomic E-state index is 0.0978. The van der Waals surface area contributed by atoms with Crippen molar-refractivity contribution < 1.29 is 23.1 Å². The van der Waals surface area contributed by atoms with E-state index in [9.17, 15) is 23.1 Å². The third-order valence-corrected chi connectivity index (χ3v) is 3.28. The Morgan fingerprint density at radius 1 is 1.12 bits per heavy atom. The topological polar surface area (TPSA) is 52.6 Å². The van der Waals surface area contributed by atoms with Gasteiger partial charge in [0.15, 0.2) is 6.29 Å². The van der Waals surface area contributed by atoms with E-state index < -0.39 is 17.5 Å². The molecule has 0 radical (unpaired) electrons. The summed E-state index contributed by atoms with van der Waals surface area (Å²) in [6.07, 6.45) is 0.537. The summed E-state index contributed by atoms with van der Waals surface area (Å²) in [5, 5.41) is 12.3. The summed E-state index contributed by atoms with van der Waals surface area (Å²) in [7, 11) is 1.63. The highest BCUT2D eigenvalue weighted by atomic mass is 19.1. The Morgan fingerprint density at radius 3 is 2.24 bits per heavy atom. The second kappa shape index (κ2) is 9.68. The fourth-order valence-corrected chi connectivity index (χ4v) is 2.26. The van der Waals surface area contributed by atoms with Crippen molar-refractivity contribution in [1.29, 1.82) is 0 Å². The van der Waals surface area contributed by atoms with Crippen molar-refractivity contribution in [3.63, 3.8) is 0 Å². The number of carbonyl (C=O) groups excluding carboxylic acids is 1. The molecule has 0 saturated heterocycles. The van der Waals surface area contributed by atoms with Gasteiger partial charge in [0.25, 0.3) is 0 Å². The third kappa shape index (κ3) is 5.22. The first-order valence-electron chi connectivity index (χ1n) is 7.77. The van der Waals surface area contributed by atoms with E-state index in [0.717, 1.165) is 0 Å². The van der Waals surface area contributed by atoms with Gasteiger partial charge in [-0.05, 0) is 25.2 Å². The molecule has 0 aliphatic rings. The highest BCUT2D eigenvalue weighted by molar-refractivity contribution is 5.85. The zero-order valence-electron chi connectivity index (χ0n) is 14.3. The Bertz CT molecular complexity index is 700. The number of nitrogens with zero attached hydrogens (tertiary/aromatic N) is 1. The summed E-state index contributed by atoms with van der Waals surface area (Å²) in [6, 6.07) is 5.29. The van der Waals surface area contributed by atoms with Gasteiger partial charge in [0.2, 0.25) is 0 Å². The lowest BCUT2D eigenvalue weighted by Crippen LogP contribution is -2.33. The van der Waals surface area contributed by atoms with Crippen molar-refractivity contribution in [3.05, 3.63) is 58.9 Å². The Morgan fingerprint density at radius 2 is 1.72 bits per heavy atom. The number of phenolic OH excluding ortho intramolecular Hbond substituents is 1. The van der Waals surface area contributed by atoms with E-state index in [2.05, 4.69) is 5.32 Å². The molecule has 0 spiro atoms. The van der Waals surface area contributed by atoms with Crippen LogP contribution in [0, 0.1) is 17.5 Å². The van der Waals surface area contributed by atoms with Crippen LogP contribution in [0.4, 0.5) is 18.9 Å². The predicted molar refractivity (Wildman–Crippen MR) is 91.3 cm³/mol. The molecule has 0 fully saturated rings. The summed E-state index contributed by atoms with van der Waals surface area (Å²) < 4.78 is 40.7. The number of nitrogens with one attached hydrogen (secondary N) is 1. The van der Waals surface area contributed by atoms with Crippen LogP contribution in [0.5, 0.6) is 5.75 Å². The fraction of sp³-hybridized carbons (Fsp3) is 0.278. The number of benzene rings is 2. The molecule has 0 aliphatic carbocycles. The van der Waals surface area contributed by atoms with Gasteiger partial charge in [-0.15, -0.1) is 0 Å². The average Bonchev–Trinajstić information content (AvgIpc) is 2.58. The van der Waals surface area contributed by atoms with Gasteiger partial charge < -0.3 is 15.3 Å². The second-order valence-corrected chi connectivity index (χ2v) is 4.92. The number of hydrogen-bond donors (Lipinski definition) is 2. The standard InChI is InChI=1S/C16H15F3N2O2.C2H6/c1-20-9-21(16-3-2-12(23)4-10(16)8-22)7-13-14(18)5-11(17)6-15(13)19;1-2/h2-6,8,20,23H,7,9H2,1H3;1-2H3. The summed E-state index contributed by atoms with van der Waals surface area (Å²) >= 11 is 0. The van der Waals surface area contributed by atoms with Crippen LogP contribution in [0.2, 0.25) is 0 Å². The summed E-state index contributed by atoms with van der Waals surface area (Å²) in [5.74, 6) is -3.10. The lowest BCUT2D eigenvalue weighted by Gasteiger charge is -2.26. The van der Waals surface area contributed by atoms with Crippen molar-refractivity contribution >= 4 is 12.0 Å². The third-order valence-electron chi connectivity index (χ3n) is 3.28. The fourth-order valence-electron chi connectivity index (χ4n) is 2.26. The number of phenols is 1. The first-order chi connectivity index (χ1) is 12.0. The predicted octanol–water partition coefficient (Wildman–Crippen LogP) is 3.83. The lowest BCUT2D eigenvalue weighted by molar-refractivity contribution is 0.112. The molecule has 0 unspecified atom stereocenters. The molecule has 2 aromatic rings. The number of aromatic hydroxyl groups is 1. The van der Waals surface area contributed by atoms with E-state index in [-0.39, 0.29) is 30.1 Å². The molecular formula is C18H21F3N2O2. The quantitative estimate of drug-likeness (QED) is 0.611. The monoisotopic (exact) mass is 354 g/mol. The van der Waals surface area contributed by atoms with Crippen LogP contribution in [0.1, 0.15) is 29.8 Å². The minimum Gasteiger partial charge on any atom is -0.508 e. The molecule has 25 heavy (non-hydrogen) atoms. The van der Waals surface area contributed by atoms with Gasteiger partial charge in [-0.2, -0.15) is 0 Å². The van der Waals surface area contributed by atoms with Gasteiger partial charge in [-0.25, -0.2) is 13.2 Å². The summed E-state index contributed by atoms with van der Waals surface area (Å²) in [6.45, 7) is 3.96. The minimum atomic E-state index is -1.00. The van der Waals surface area contributed by atoms with Crippen LogP contribution in [0.25, 0.3) is 0 Å². The molecule has 2 N–H and O–H groups in total. The molecule has 2 rings (SSSR count). The molecule has 0 aromatic heterocycles. The first-order valence-corrected chi connectivity index (χ1v) is 7.77. The number of halogens is 3. The van der Waals surface area contributed by atoms with Crippen molar-refractivity contribution in [2.75, 3.05) is 18.6 Å². The van der Waals surface area contributed by atoms with E-state index >= 15 is 0 Å². The van der Waals surface area contributed by atoms with E-state index in [1.165, 1.54) is 23.1 Å². The Balaban J connectivity index is 0.00000151. The molecule has 7 heteroatoms. The van der Waals surface area contributed by atoms with Crippen molar-refractivity contribution in [1.82, 2.24) is 5.32 Å². The molecule has 0 heterocycles. The number of rotatable bonds is 6. The molecular weight excluding hydrogens is 333 g/mol. The van der Waals surface area contributed by atoms with Gasteiger partial charge in [0, 0.05) is 28.9 Å². The average molecular weight is 354 g/mol. The van der Waals surface area contributed by atoms with E-state index in [1.54, 1.807) is 7.05 Å². The zero-order valence-corrected chi connectivity index (χ0v) is 14.3. The number of aldehydes is 1. The smallest absolute Gasteiger partial charge is 0.152 e. The maximum absolute atomic E-state index is 13.8. The summed E-state index contributed by atoms with van der Waals surface area (Å²) in [5.41, 5.74) is 0.241. The maximum Gasteiger partial charge on any atom is 0.152 e. The van der Waals surface area contributed by atoms with Crippen molar-refractivity contribution in [3.8, 4) is 5.75 Å². The molecule has 0 bridgehead atoms. The first kappa shape index (κ1) is 20.5. The van der Waals surface area contributed by atoms with E-state index in [4.69, 9.17) is 0 Å². The van der Waals surface area contributed by atoms with Gasteiger partial charge in [-0.3, -0.25) is 4.79 Å². The van der Waals surface area contributed by atoms with Crippen molar-refractivity contribution in [2.24, 2.45) is 0 Å². The Kier molecular flexibility index (Phi) is 7.94. The largest absolute Gasteiger partial charge is 0.508 e. The van der Waals surface area contributed by atoms with Crippen LogP contribution in [-0.2, 0) is 6.54 Å². The molecule has 0 atom stereocenters. The highest BCUT2D eigenvalue weighted by Gasteiger charge is 2.18. The Labute approximate surface area is 144 Å². The molecule has 0 amide bonds.